The first-order valence-corrected chi connectivity index (χ1v) is 7.34. The van der Waals surface area contributed by atoms with Gasteiger partial charge in [0.05, 0.1) is 13.0 Å². The van der Waals surface area contributed by atoms with Crippen LogP contribution in [0.5, 0.6) is 0 Å². The fourth-order valence-electron chi connectivity index (χ4n) is 2.05. The lowest BCUT2D eigenvalue weighted by Gasteiger charge is -2.30. The molecule has 0 fully saturated rings. The third-order valence-electron chi connectivity index (χ3n) is 3.63. The summed E-state index contributed by atoms with van der Waals surface area (Å²) in [6.07, 6.45) is 0.431. The zero-order chi connectivity index (χ0) is 15.1. The molecule has 112 valence electrons. The fraction of sp³-hybridized carbons (Fsp3) is 0.588. The molecular formula is C17H27NO2. The van der Waals surface area contributed by atoms with Gasteiger partial charge in [-0.3, -0.25) is 9.69 Å². The lowest BCUT2D eigenvalue weighted by atomic mass is 10.1. The summed E-state index contributed by atoms with van der Waals surface area (Å²) in [5.41, 5.74) is 1.26. The van der Waals surface area contributed by atoms with Crippen LogP contribution in [0.25, 0.3) is 0 Å². The summed E-state index contributed by atoms with van der Waals surface area (Å²) in [7, 11) is 2.05. The highest BCUT2D eigenvalue weighted by Gasteiger charge is 2.20. The number of hydrogen-bond donors (Lipinski definition) is 0. The molecule has 0 N–H and O–H groups in total. The number of carbonyl (C=O) groups is 1. The summed E-state index contributed by atoms with van der Waals surface area (Å²) < 4.78 is 5.24. The minimum atomic E-state index is -0.113. The van der Waals surface area contributed by atoms with E-state index in [2.05, 4.69) is 37.9 Å². The first-order chi connectivity index (χ1) is 9.41. The van der Waals surface area contributed by atoms with Crippen molar-refractivity contribution in [3.8, 4) is 0 Å². The summed E-state index contributed by atoms with van der Waals surface area (Å²) in [6.45, 7) is 8.81. The van der Waals surface area contributed by atoms with Gasteiger partial charge in [-0.25, -0.2) is 0 Å². The third kappa shape index (κ3) is 5.33. The first kappa shape index (κ1) is 16.7. The Morgan fingerprint density at radius 3 is 2.30 bits per heavy atom. The zero-order valence-electron chi connectivity index (χ0n) is 13.3. The molecular weight excluding hydrogens is 250 g/mol. The smallest absolute Gasteiger partial charge is 0.307 e. The number of nitrogens with zero attached hydrogens (tertiary/aromatic N) is 1. The Balaban J connectivity index is 2.50. The van der Waals surface area contributed by atoms with Crippen molar-refractivity contribution in [2.24, 2.45) is 5.92 Å². The van der Waals surface area contributed by atoms with Gasteiger partial charge in [0, 0.05) is 12.1 Å². The van der Waals surface area contributed by atoms with E-state index < -0.39 is 0 Å². The van der Waals surface area contributed by atoms with E-state index in [4.69, 9.17) is 4.74 Å². The summed E-state index contributed by atoms with van der Waals surface area (Å²) in [6, 6.07) is 10.8. The summed E-state index contributed by atoms with van der Waals surface area (Å²) in [5.74, 6) is 0.272. The van der Waals surface area contributed by atoms with E-state index >= 15 is 0 Å². The molecule has 0 saturated carbocycles. The summed E-state index contributed by atoms with van der Waals surface area (Å²) >= 11 is 0. The van der Waals surface area contributed by atoms with Crippen LogP contribution < -0.4 is 0 Å². The molecule has 0 amide bonds. The molecule has 1 unspecified atom stereocenters. The minimum Gasteiger partial charge on any atom is -0.465 e. The molecule has 0 spiro atoms. The maximum atomic E-state index is 11.8. The molecule has 0 aliphatic heterocycles. The van der Waals surface area contributed by atoms with Gasteiger partial charge in [0.2, 0.25) is 0 Å². The van der Waals surface area contributed by atoms with Crippen molar-refractivity contribution in [1.29, 1.82) is 0 Å². The number of carbonyl (C=O) groups excluding carboxylic acids is 1. The van der Waals surface area contributed by atoms with Crippen LogP contribution in [0, 0.1) is 5.92 Å². The minimum absolute atomic E-state index is 0.113. The van der Waals surface area contributed by atoms with Crippen LogP contribution in [0.3, 0.4) is 0 Å². The molecule has 1 rings (SSSR count). The molecule has 0 bridgehead atoms. The van der Waals surface area contributed by atoms with Crippen molar-refractivity contribution in [2.75, 3.05) is 13.7 Å². The van der Waals surface area contributed by atoms with Gasteiger partial charge in [0.15, 0.2) is 0 Å². The molecule has 0 aliphatic rings. The Kier molecular flexibility index (Phi) is 6.73. The number of benzene rings is 1. The Hall–Kier alpha value is -1.35. The first-order valence-electron chi connectivity index (χ1n) is 7.34. The zero-order valence-corrected chi connectivity index (χ0v) is 13.3. The molecule has 20 heavy (non-hydrogen) atoms. The highest BCUT2D eigenvalue weighted by molar-refractivity contribution is 5.70. The van der Waals surface area contributed by atoms with Gasteiger partial charge in [-0.15, -0.1) is 0 Å². The molecule has 0 aromatic heterocycles. The normalized spacial score (nSPS) is 14.3. The topological polar surface area (TPSA) is 29.5 Å². The lowest BCUT2D eigenvalue weighted by Crippen LogP contribution is -2.34. The van der Waals surface area contributed by atoms with Crippen LogP contribution in [0.2, 0.25) is 0 Å². The molecule has 1 aromatic rings. The van der Waals surface area contributed by atoms with Gasteiger partial charge in [-0.1, -0.05) is 44.2 Å². The maximum Gasteiger partial charge on any atom is 0.307 e. The van der Waals surface area contributed by atoms with Crippen molar-refractivity contribution in [3.05, 3.63) is 35.9 Å². The predicted molar refractivity (Wildman–Crippen MR) is 82.5 cm³/mol. The van der Waals surface area contributed by atoms with Crippen LogP contribution in [0.4, 0.5) is 0 Å². The molecule has 3 heteroatoms. The summed E-state index contributed by atoms with van der Waals surface area (Å²) in [5, 5.41) is 0. The second-order valence-electron chi connectivity index (χ2n) is 5.88. The van der Waals surface area contributed by atoms with Gasteiger partial charge in [-0.2, -0.15) is 0 Å². The summed E-state index contributed by atoms with van der Waals surface area (Å²) in [4.78, 5) is 14.0. The highest BCUT2D eigenvalue weighted by atomic mass is 16.5. The average Bonchev–Trinajstić information content (AvgIpc) is 2.44. The largest absolute Gasteiger partial charge is 0.465 e. The van der Waals surface area contributed by atoms with E-state index in [1.54, 1.807) is 0 Å². The third-order valence-corrected chi connectivity index (χ3v) is 3.63. The van der Waals surface area contributed by atoms with E-state index in [0.29, 0.717) is 18.9 Å². The molecule has 0 saturated heterocycles. The van der Waals surface area contributed by atoms with Crippen molar-refractivity contribution in [2.45, 2.75) is 46.2 Å². The average molecular weight is 277 g/mol. The lowest BCUT2D eigenvalue weighted by molar-refractivity contribution is -0.146. The van der Waals surface area contributed by atoms with E-state index in [9.17, 15) is 4.79 Å². The van der Waals surface area contributed by atoms with Crippen molar-refractivity contribution < 1.29 is 9.53 Å². The number of ether oxygens (including phenoxy) is 1. The van der Waals surface area contributed by atoms with Crippen LogP contribution in [-0.2, 0) is 9.53 Å². The molecule has 0 aliphatic carbocycles. The van der Waals surface area contributed by atoms with E-state index in [1.165, 1.54) is 5.56 Å². The maximum absolute atomic E-state index is 11.8. The number of rotatable bonds is 7. The number of esters is 1. The second-order valence-corrected chi connectivity index (χ2v) is 5.88. The van der Waals surface area contributed by atoms with Gasteiger partial charge in [0.25, 0.3) is 0 Å². The highest BCUT2D eigenvalue weighted by Crippen LogP contribution is 2.21. The van der Waals surface area contributed by atoms with E-state index in [0.717, 1.165) is 0 Å². The molecule has 2 atom stereocenters. The molecule has 0 radical (unpaired) electrons. The SMILES string of the molecule is CC(C)COC(=O)CC(C)N(C)[C@@H](C)c1ccccc1. The van der Waals surface area contributed by atoms with Crippen molar-refractivity contribution in [1.82, 2.24) is 4.90 Å². The Labute approximate surface area is 122 Å². The van der Waals surface area contributed by atoms with Crippen LogP contribution in [-0.4, -0.2) is 30.6 Å². The fourth-order valence-corrected chi connectivity index (χ4v) is 2.05. The van der Waals surface area contributed by atoms with Crippen molar-refractivity contribution >= 4 is 5.97 Å². The van der Waals surface area contributed by atoms with E-state index in [-0.39, 0.29) is 18.1 Å². The van der Waals surface area contributed by atoms with Crippen LogP contribution in [0.15, 0.2) is 30.3 Å². The Bertz CT molecular complexity index is 403. The Morgan fingerprint density at radius 1 is 1.15 bits per heavy atom. The van der Waals surface area contributed by atoms with Gasteiger partial charge in [-0.05, 0) is 32.4 Å². The predicted octanol–water partition coefficient (Wildman–Crippen LogP) is 3.66. The van der Waals surface area contributed by atoms with Gasteiger partial charge < -0.3 is 4.74 Å². The molecule has 3 nitrogen and oxygen atoms in total. The van der Waals surface area contributed by atoms with E-state index in [1.807, 2.05) is 32.0 Å². The van der Waals surface area contributed by atoms with Gasteiger partial charge >= 0.3 is 5.97 Å². The Morgan fingerprint density at radius 2 is 1.75 bits per heavy atom. The standard InChI is InChI=1S/C17H27NO2/c1-13(2)12-20-17(19)11-14(3)18(5)15(4)16-9-7-6-8-10-16/h6-10,13-15H,11-12H2,1-5H3/t14?,15-/m0/s1. The number of hydrogen-bond acceptors (Lipinski definition) is 3. The van der Waals surface area contributed by atoms with Crippen molar-refractivity contribution in [3.63, 3.8) is 0 Å². The van der Waals surface area contributed by atoms with Gasteiger partial charge in [0.1, 0.15) is 0 Å². The molecule has 0 heterocycles. The van der Waals surface area contributed by atoms with Crippen LogP contribution >= 0.6 is 0 Å². The quantitative estimate of drug-likeness (QED) is 0.712. The second kappa shape index (κ2) is 8.05. The molecule has 1 aromatic carbocycles. The monoisotopic (exact) mass is 277 g/mol. The van der Waals surface area contributed by atoms with Crippen LogP contribution in [0.1, 0.15) is 45.7 Å².